The minimum Gasteiger partial charge on any atom is -0.481 e. The number of carboxylic acid groups (broad SMARTS) is 2. The number of allylic oxidation sites excluding steroid dienone is 2. The largest absolute Gasteiger partial charge is 0.481 e. The Hall–Kier alpha value is -5.69. The molecule has 2 heterocycles. The number of anilines is 2. The van der Waals surface area contributed by atoms with Crippen LogP contribution in [0.25, 0.3) is 5.57 Å². The summed E-state index contributed by atoms with van der Waals surface area (Å²) >= 11 is -2.04. The second-order valence-corrected chi connectivity index (χ2v) is 17.8. The molecule has 5 rings (SSSR count). The number of amides is 1. The van der Waals surface area contributed by atoms with E-state index in [-0.39, 0.29) is 61.5 Å². The minimum absolute atomic E-state index is 0.0127. The number of aliphatic carboxylic acids is 1. The van der Waals surface area contributed by atoms with Gasteiger partial charge in [0.15, 0.2) is 16.8 Å². The molecule has 1 aliphatic heterocycles. The molecule has 2 aromatic carbocycles. The van der Waals surface area contributed by atoms with Gasteiger partial charge in [-0.05, 0) is 78.5 Å². The summed E-state index contributed by atoms with van der Waals surface area (Å²) in [6.07, 6.45) is 3.22. The first-order valence-corrected chi connectivity index (χ1v) is 22.7. The van der Waals surface area contributed by atoms with Crippen LogP contribution in [0.3, 0.4) is 0 Å². The molecule has 1 fully saturated rings. The molecule has 1 saturated carbocycles. The first kappa shape index (κ1) is 49.3. The number of rotatable bonds is 24. The third-order valence-corrected chi connectivity index (χ3v) is 12.6. The van der Waals surface area contributed by atoms with E-state index in [1.165, 1.54) is 4.90 Å². The van der Waals surface area contributed by atoms with Crippen LogP contribution < -0.4 is 15.5 Å². The molecule has 346 valence electrons. The summed E-state index contributed by atoms with van der Waals surface area (Å²) in [5.41, 5.74) is 5.28. The predicted octanol–water partition coefficient (Wildman–Crippen LogP) is 5.63. The summed E-state index contributed by atoms with van der Waals surface area (Å²) in [5, 5.41) is 34.4. The lowest BCUT2D eigenvalue weighted by Gasteiger charge is -2.31. The van der Waals surface area contributed by atoms with Crippen LogP contribution in [-0.4, -0.2) is 136 Å². The summed E-state index contributed by atoms with van der Waals surface area (Å²) in [6, 6.07) is 16.5. The number of pyridine rings is 1. The number of benzene rings is 2. The summed E-state index contributed by atoms with van der Waals surface area (Å²) in [6.45, 7) is 9.06. The number of nitrogens with one attached hydrogen (secondary N) is 3. The van der Waals surface area contributed by atoms with Gasteiger partial charge in [0, 0.05) is 93.7 Å². The highest BCUT2D eigenvalue weighted by molar-refractivity contribution is 7.79. The Labute approximate surface area is 377 Å². The summed E-state index contributed by atoms with van der Waals surface area (Å²) < 4.78 is 33.2. The molecule has 2 aliphatic rings. The number of ether oxygens (including phenoxy) is 2. The van der Waals surface area contributed by atoms with E-state index in [0.29, 0.717) is 74.0 Å². The van der Waals surface area contributed by atoms with Gasteiger partial charge in [0.25, 0.3) is 0 Å². The Morgan fingerprint density at radius 1 is 1.05 bits per heavy atom. The van der Waals surface area contributed by atoms with Crippen LogP contribution in [0, 0.1) is 16.7 Å². The standard InChI is InChI=1S/C46H61N7O10S/c1-31-24-46(3,30-49-32(2)38(26-47)37-12-13-41(50-43(37)44(57)58)53-16-14-34-6-5-7-35(28-54)39(34)27-53)25-40(31)62-22-20-51(21-23-64(60)61)18-19-52(17-15-42(55)56)45(59)63-29-33-8-10-36(48-4)11-9-33/h5-13,26,28,31,40,47-49H,14-25,27,29-30H2,1-4H3,(H,55,56)(H,57,58)(H,60,61)/b38-32+,47-26?. The second-order valence-electron chi connectivity index (χ2n) is 16.8. The van der Waals surface area contributed by atoms with Crippen LogP contribution >= 0.6 is 0 Å². The molecule has 1 aromatic heterocycles. The van der Waals surface area contributed by atoms with Crippen LogP contribution in [0.15, 0.2) is 60.3 Å². The second kappa shape index (κ2) is 23.3. The summed E-state index contributed by atoms with van der Waals surface area (Å²) in [4.78, 5) is 58.6. The normalized spacial score (nSPS) is 19.0. The Balaban J connectivity index is 1.17. The fourth-order valence-electron chi connectivity index (χ4n) is 8.46. The van der Waals surface area contributed by atoms with E-state index in [9.17, 15) is 38.2 Å². The number of hydrogen-bond donors (Lipinski definition) is 6. The van der Waals surface area contributed by atoms with Crippen molar-refractivity contribution in [3.05, 3.63) is 93.8 Å². The van der Waals surface area contributed by atoms with Gasteiger partial charge in [-0.15, -0.1) is 0 Å². The maximum Gasteiger partial charge on any atom is 0.410 e. The molecule has 0 radical (unpaired) electrons. The van der Waals surface area contributed by atoms with Crippen LogP contribution in [0.4, 0.5) is 16.3 Å². The fraction of sp³-hybridized carbons (Fsp3) is 0.478. The zero-order valence-electron chi connectivity index (χ0n) is 37.0. The lowest BCUT2D eigenvalue weighted by Crippen LogP contribution is -2.42. The molecule has 1 amide bonds. The molecular formula is C46H61N7O10S. The van der Waals surface area contributed by atoms with E-state index < -0.39 is 29.1 Å². The Bertz CT molecular complexity index is 2190. The molecule has 4 atom stereocenters. The van der Waals surface area contributed by atoms with E-state index in [2.05, 4.69) is 29.5 Å². The maximum absolute atomic E-state index is 13.1. The average Bonchev–Trinajstić information content (AvgIpc) is 3.58. The molecule has 0 bridgehead atoms. The average molecular weight is 904 g/mol. The Morgan fingerprint density at radius 3 is 2.48 bits per heavy atom. The van der Waals surface area contributed by atoms with Gasteiger partial charge in [0.05, 0.1) is 24.9 Å². The van der Waals surface area contributed by atoms with Crippen molar-refractivity contribution in [1.29, 1.82) is 5.41 Å². The fourth-order valence-corrected chi connectivity index (χ4v) is 8.88. The Morgan fingerprint density at radius 2 is 1.81 bits per heavy atom. The SMILES string of the molecule is CNc1ccc(COC(=O)N(CCC(=O)O)CCN(CCOC2CC(C)(CN/C(C)=C(\C=N)c3ccc(N4CCc5cccc(C=O)c5C4)nc3C(=O)O)CC2C)CCS(=O)O)cc1. The number of carbonyl (C=O) groups excluding carboxylic acids is 2. The molecular weight excluding hydrogens is 843 g/mol. The van der Waals surface area contributed by atoms with Crippen LogP contribution in [0.2, 0.25) is 0 Å². The highest BCUT2D eigenvalue weighted by Gasteiger charge is 2.40. The molecule has 4 unspecified atom stereocenters. The number of carbonyl (C=O) groups is 4. The number of fused-ring (bicyclic) bond motifs is 1. The smallest absolute Gasteiger partial charge is 0.410 e. The molecule has 64 heavy (non-hydrogen) atoms. The molecule has 3 aromatic rings. The third-order valence-electron chi connectivity index (χ3n) is 12.1. The van der Waals surface area contributed by atoms with Gasteiger partial charge in [-0.2, -0.15) is 0 Å². The van der Waals surface area contributed by atoms with Crippen molar-refractivity contribution in [3.8, 4) is 0 Å². The predicted molar refractivity (Wildman–Crippen MR) is 245 cm³/mol. The third kappa shape index (κ3) is 13.7. The topological polar surface area (TPSA) is 235 Å². The molecule has 0 spiro atoms. The van der Waals surface area contributed by atoms with E-state index in [0.717, 1.165) is 47.7 Å². The van der Waals surface area contributed by atoms with Gasteiger partial charge in [0.2, 0.25) is 0 Å². The quantitative estimate of drug-likeness (QED) is 0.0363. The lowest BCUT2D eigenvalue weighted by atomic mass is 9.87. The molecule has 0 saturated heterocycles. The van der Waals surface area contributed by atoms with Crippen molar-refractivity contribution < 1.29 is 47.6 Å². The number of aromatic carboxylic acids is 1. The van der Waals surface area contributed by atoms with E-state index >= 15 is 0 Å². The van der Waals surface area contributed by atoms with Crippen molar-refractivity contribution in [2.24, 2.45) is 11.3 Å². The van der Waals surface area contributed by atoms with Crippen molar-refractivity contribution in [2.45, 2.75) is 65.7 Å². The van der Waals surface area contributed by atoms with Gasteiger partial charge in [-0.3, -0.25) is 14.5 Å². The van der Waals surface area contributed by atoms with E-state index in [4.69, 9.17) is 14.9 Å². The van der Waals surface area contributed by atoms with Crippen molar-refractivity contribution in [3.63, 3.8) is 0 Å². The highest BCUT2D eigenvalue weighted by Crippen LogP contribution is 2.43. The number of nitrogens with zero attached hydrogens (tertiary/aromatic N) is 4. The van der Waals surface area contributed by atoms with Crippen molar-refractivity contribution in [2.75, 3.05) is 75.4 Å². The van der Waals surface area contributed by atoms with Crippen molar-refractivity contribution >= 4 is 58.7 Å². The zero-order valence-corrected chi connectivity index (χ0v) is 37.8. The minimum atomic E-state index is -2.04. The highest BCUT2D eigenvalue weighted by atomic mass is 32.2. The lowest BCUT2D eigenvalue weighted by molar-refractivity contribution is -0.137. The Kier molecular flexibility index (Phi) is 18.0. The van der Waals surface area contributed by atoms with Crippen molar-refractivity contribution in [1.82, 2.24) is 20.1 Å². The number of aldehydes is 1. The monoisotopic (exact) mass is 903 g/mol. The molecule has 18 heteroatoms. The number of hydrogen-bond acceptors (Lipinski definition) is 13. The van der Waals surface area contributed by atoms with E-state index in [1.807, 2.05) is 53.1 Å². The first-order valence-electron chi connectivity index (χ1n) is 21.5. The van der Waals surface area contributed by atoms with E-state index in [1.54, 1.807) is 25.2 Å². The van der Waals surface area contributed by atoms with Gasteiger partial charge >= 0.3 is 18.0 Å². The molecule has 6 N–H and O–H groups in total. The molecule has 1 aliphatic carbocycles. The van der Waals surface area contributed by atoms with Gasteiger partial charge in [0.1, 0.15) is 18.7 Å². The van der Waals surface area contributed by atoms with Gasteiger partial charge in [-0.1, -0.05) is 44.2 Å². The maximum atomic E-state index is 13.1. The van der Waals surface area contributed by atoms with Gasteiger partial charge < -0.3 is 50.1 Å². The van der Waals surface area contributed by atoms with Gasteiger partial charge in [-0.25, -0.2) is 18.8 Å². The molecule has 17 nitrogen and oxygen atoms in total. The van der Waals surface area contributed by atoms with Crippen LogP contribution in [0.1, 0.15) is 83.1 Å². The number of aromatic nitrogens is 1. The first-order chi connectivity index (χ1) is 30.6. The zero-order chi connectivity index (χ0) is 46.4. The number of carboxylic acids is 2. The summed E-state index contributed by atoms with van der Waals surface area (Å²) in [7, 11) is 1.80. The summed E-state index contributed by atoms with van der Waals surface area (Å²) in [5.74, 6) is -1.60. The van der Waals surface area contributed by atoms with Crippen LogP contribution in [0.5, 0.6) is 0 Å². The van der Waals surface area contributed by atoms with Crippen LogP contribution in [-0.2, 0) is 44.9 Å².